The van der Waals surface area contributed by atoms with E-state index in [1.807, 2.05) is 19.1 Å². The molecule has 0 aromatic heterocycles. The SMILES string of the molecule is Cc1ccc(CN2CCN(C)C(c3ccccc3C(C)C)C2)cc1F. The molecule has 3 rings (SSSR count). The van der Waals surface area contributed by atoms with Gasteiger partial charge in [0.15, 0.2) is 0 Å². The first-order valence-electron chi connectivity index (χ1n) is 9.22. The largest absolute Gasteiger partial charge is 0.297 e. The molecule has 0 spiro atoms. The average Bonchev–Trinajstić information content (AvgIpc) is 2.60. The van der Waals surface area contributed by atoms with Crippen LogP contribution in [-0.2, 0) is 6.54 Å². The Morgan fingerprint density at radius 1 is 1.12 bits per heavy atom. The highest BCUT2D eigenvalue weighted by Gasteiger charge is 2.27. The van der Waals surface area contributed by atoms with Crippen molar-refractivity contribution in [3.8, 4) is 0 Å². The summed E-state index contributed by atoms with van der Waals surface area (Å²) in [6.45, 7) is 10.2. The summed E-state index contributed by atoms with van der Waals surface area (Å²) in [7, 11) is 2.21. The monoisotopic (exact) mass is 340 g/mol. The quantitative estimate of drug-likeness (QED) is 0.793. The second-order valence-electron chi connectivity index (χ2n) is 7.60. The number of benzene rings is 2. The second-order valence-corrected chi connectivity index (χ2v) is 7.60. The van der Waals surface area contributed by atoms with Crippen LogP contribution in [-0.4, -0.2) is 36.5 Å². The summed E-state index contributed by atoms with van der Waals surface area (Å²) in [6.07, 6.45) is 0. The number of aryl methyl sites for hydroxylation is 1. The van der Waals surface area contributed by atoms with E-state index in [9.17, 15) is 4.39 Å². The fourth-order valence-electron chi connectivity index (χ4n) is 3.74. The van der Waals surface area contributed by atoms with Gasteiger partial charge in [0.05, 0.1) is 0 Å². The van der Waals surface area contributed by atoms with E-state index in [-0.39, 0.29) is 5.82 Å². The molecule has 0 radical (unpaired) electrons. The van der Waals surface area contributed by atoms with Crippen molar-refractivity contribution in [2.45, 2.75) is 39.3 Å². The standard InChI is InChI=1S/C22H29FN2/c1-16(2)19-7-5-6-8-20(19)22-15-25(12-11-24(22)4)14-18-10-9-17(3)21(23)13-18/h5-10,13,16,22H,11-12,14-15H2,1-4H3. The molecule has 2 aromatic rings. The molecule has 3 heteroatoms. The van der Waals surface area contributed by atoms with Crippen molar-refractivity contribution in [3.63, 3.8) is 0 Å². The number of hydrogen-bond donors (Lipinski definition) is 0. The van der Waals surface area contributed by atoms with E-state index in [1.54, 1.807) is 6.07 Å². The van der Waals surface area contributed by atoms with Crippen LogP contribution in [0.25, 0.3) is 0 Å². The molecule has 25 heavy (non-hydrogen) atoms. The van der Waals surface area contributed by atoms with Gasteiger partial charge in [-0.25, -0.2) is 4.39 Å². The molecule has 0 aliphatic carbocycles. The number of piperazine rings is 1. The van der Waals surface area contributed by atoms with Crippen molar-refractivity contribution >= 4 is 0 Å². The molecular weight excluding hydrogens is 311 g/mol. The molecule has 134 valence electrons. The molecule has 0 N–H and O–H groups in total. The molecule has 1 unspecified atom stereocenters. The molecule has 0 amide bonds. The van der Waals surface area contributed by atoms with Crippen molar-refractivity contribution in [2.75, 3.05) is 26.7 Å². The lowest BCUT2D eigenvalue weighted by molar-refractivity contribution is 0.0898. The molecule has 1 aliphatic heterocycles. The Bertz CT molecular complexity index is 726. The van der Waals surface area contributed by atoms with Gasteiger partial charge in [0, 0.05) is 32.2 Å². The Morgan fingerprint density at radius 3 is 2.60 bits per heavy atom. The zero-order valence-corrected chi connectivity index (χ0v) is 15.8. The van der Waals surface area contributed by atoms with Crippen LogP contribution in [0.5, 0.6) is 0 Å². The summed E-state index contributed by atoms with van der Waals surface area (Å²) in [4.78, 5) is 4.90. The lowest BCUT2D eigenvalue weighted by atomic mass is 9.91. The minimum Gasteiger partial charge on any atom is -0.297 e. The van der Waals surface area contributed by atoms with Crippen molar-refractivity contribution in [2.24, 2.45) is 0 Å². The van der Waals surface area contributed by atoms with Gasteiger partial charge in [0.1, 0.15) is 5.82 Å². The maximum absolute atomic E-state index is 13.9. The number of likely N-dealkylation sites (N-methyl/N-ethyl adjacent to an activating group) is 1. The molecular formula is C22H29FN2. The smallest absolute Gasteiger partial charge is 0.126 e. The van der Waals surface area contributed by atoms with E-state index in [4.69, 9.17) is 0 Å². The maximum Gasteiger partial charge on any atom is 0.126 e. The first-order valence-corrected chi connectivity index (χ1v) is 9.22. The normalized spacial score (nSPS) is 19.5. The van der Waals surface area contributed by atoms with Crippen LogP contribution in [0.2, 0.25) is 0 Å². The molecule has 0 saturated carbocycles. The topological polar surface area (TPSA) is 6.48 Å². The molecule has 0 bridgehead atoms. The zero-order chi connectivity index (χ0) is 18.0. The van der Waals surface area contributed by atoms with Gasteiger partial charge in [0.2, 0.25) is 0 Å². The molecule has 2 nitrogen and oxygen atoms in total. The van der Waals surface area contributed by atoms with Gasteiger partial charge in [-0.05, 0) is 48.2 Å². The van der Waals surface area contributed by atoms with E-state index in [0.717, 1.165) is 31.7 Å². The minimum atomic E-state index is -0.103. The van der Waals surface area contributed by atoms with E-state index in [1.165, 1.54) is 11.1 Å². The summed E-state index contributed by atoms with van der Waals surface area (Å²) in [5, 5.41) is 0. The fourth-order valence-corrected chi connectivity index (χ4v) is 3.74. The van der Waals surface area contributed by atoms with Gasteiger partial charge in [-0.15, -0.1) is 0 Å². The van der Waals surface area contributed by atoms with Gasteiger partial charge in [0.25, 0.3) is 0 Å². The maximum atomic E-state index is 13.9. The van der Waals surface area contributed by atoms with Crippen LogP contribution in [0.1, 0.15) is 48.1 Å². The molecule has 2 aromatic carbocycles. The minimum absolute atomic E-state index is 0.103. The molecule has 1 fully saturated rings. The Balaban J connectivity index is 1.79. The Morgan fingerprint density at radius 2 is 1.88 bits per heavy atom. The highest BCUT2D eigenvalue weighted by molar-refractivity contribution is 5.33. The van der Waals surface area contributed by atoms with E-state index < -0.39 is 0 Å². The van der Waals surface area contributed by atoms with Gasteiger partial charge in [-0.2, -0.15) is 0 Å². The third kappa shape index (κ3) is 4.10. The van der Waals surface area contributed by atoms with Crippen LogP contribution in [0.15, 0.2) is 42.5 Å². The summed E-state index contributed by atoms with van der Waals surface area (Å²) < 4.78 is 13.9. The predicted octanol–water partition coefficient (Wildman–Crippen LogP) is 4.75. The Kier molecular flexibility index (Phi) is 5.55. The van der Waals surface area contributed by atoms with E-state index >= 15 is 0 Å². The summed E-state index contributed by atoms with van der Waals surface area (Å²) >= 11 is 0. The van der Waals surface area contributed by atoms with Crippen LogP contribution < -0.4 is 0 Å². The lowest BCUT2D eigenvalue weighted by Crippen LogP contribution is -2.46. The number of nitrogens with zero attached hydrogens (tertiary/aromatic N) is 2. The highest BCUT2D eigenvalue weighted by Crippen LogP contribution is 2.31. The van der Waals surface area contributed by atoms with E-state index in [2.05, 4.69) is 55.0 Å². The Hall–Kier alpha value is -1.71. The average molecular weight is 340 g/mol. The van der Waals surface area contributed by atoms with Gasteiger partial charge >= 0.3 is 0 Å². The first-order chi connectivity index (χ1) is 12.0. The number of rotatable bonds is 4. The van der Waals surface area contributed by atoms with Crippen molar-refractivity contribution < 1.29 is 4.39 Å². The molecule has 1 aliphatic rings. The van der Waals surface area contributed by atoms with Crippen molar-refractivity contribution in [1.29, 1.82) is 0 Å². The number of halogens is 1. The molecule has 1 heterocycles. The van der Waals surface area contributed by atoms with Crippen LogP contribution >= 0.6 is 0 Å². The van der Waals surface area contributed by atoms with E-state index in [0.29, 0.717) is 17.5 Å². The number of hydrogen-bond acceptors (Lipinski definition) is 2. The highest BCUT2D eigenvalue weighted by atomic mass is 19.1. The fraction of sp³-hybridized carbons (Fsp3) is 0.455. The predicted molar refractivity (Wildman–Crippen MR) is 102 cm³/mol. The zero-order valence-electron chi connectivity index (χ0n) is 15.8. The van der Waals surface area contributed by atoms with Crippen molar-refractivity contribution in [3.05, 3.63) is 70.5 Å². The third-order valence-corrected chi connectivity index (χ3v) is 5.35. The third-order valence-electron chi connectivity index (χ3n) is 5.35. The van der Waals surface area contributed by atoms with Gasteiger partial charge in [-0.3, -0.25) is 9.80 Å². The Labute approximate surface area is 151 Å². The van der Waals surface area contributed by atoms with Gasteiger partial charge < -0.3 is 0 Å². The summed E-state index contributed by atoms with van der Waals surface area (Å²) in [5.41, 5.74) is 4.64. The van der Waals surface area contributed by atoms with Crippen molar-refractivity contribution in [1.82, 2.24) is 9.80 Å². The molecule has 1 atom stereocenters. The van der Waals surface area contributed by atoms with Crippen LogP contribution in [0.4, 0.5) is 4.39 Å². The molecule has 1 saturated heterocycles. The van der Waals surface area contributed by atoms with Crippen LogP contribution in [0, 0.1) is 12.7 Å². The summed E-state index contributed by atoms with van der Waals surface area (Å²) in [5.74, 6) is 0.416. The first kappa shape index (κ1) is 18.1. The lowest BCUT2D eigenvalue weighted by Gasteiger charge is -2.40. The second kappa shape index (κ2) is 7.67. The summed E-state index contributed by atoms with van der Waals surface area (Å²) in [6, 6.07) is 14.8. The van der Waals surface area contributed by atoms with Gasteiger partial charge in [-0.1, -0.05) is 50.2 Å². The van der Waals surface area contributed by atoms with Crippen LogP contribution in [0.3, 0.4) is 0 Å².